The first-order valence-corrected chi connectivity index (χ1v) is 5.88. The molecule has 0 saturated carbocycles. The van der Waals surface area contributed by atoms with Crippen molar-refractivity contribution in [2.24, 2.45) is 5.84 Å². The third-order valence-electron chi connectivity index (χ3n) is 2.60. The fraction of sp³-hybridized carbons (Fsp3) is 0.167. The van der Waals surface area contributed by atoms with Gasteiger partial charge in [0.1, 0.15) is 17.6 Å². The van der Waals surface area contributed by atoms with Gasteiger partial charge in [0.2, 0.25) is 0 Å². The fourth-order valence-electron chi connectivity index (χ4n) is 1.72. The summed E-state index contributed by atoms with van der Waals surface area (Å²) >= 11 is 3.31. The van der Waals surface area contributed by atoms with Gasteiger partial charge in [0.05, 0.1) is 6.26 Å². The highest BCUT2D eigenvalue weighted by Gasteiger charge is 2.21. The molecular weight excluding hydrogens is 287 g/mol. The summed E-state index contributed by atoms with van der Waals surface area (Å²) in [6.45, 7) is 1.89. The molecule has 0 aliphatic rings. The monoisotopic (exact) mass is 298 g/mol. The van der Waals surface area contributed by atoms with Crippen molar-refractivity contribution in [3.05, 3.63) is 57.7 Å². The zero-order valence-corrected chi connectivity index (χ0v) is 10.8. The van der Waals surface area contributed by atoms with Crippen molar-refractivity contribution >= 4 is 15.9 Å². The largest absolute Gasteiger partial charge is 0.467 e. The lowest BCUT2D eigenvalue weighted by atomic mass is 10.0. The van der Waals surface area contributed by atoms with E-state index in [1.807, 2.05) is 13.0 Å². The summed E-state index contributed by atoms with van der Waals surface area (Å²) in [6.07, 6.45) is 1.56. The number of furan rings is 1. The Labute approximate surface area is 107 Å². The van der Waals surface area contributed by atoms with Crippen molar-refractivity contribution in [3.63, 3.8) is 0 Å². The number of hydrazine groups is 1. The van der Waals surface area contributed by atoms with E-state index in [0.717, 1.165) is 10.0 Å². The number of nitrogens with two attached hydrogens (primary N) is 1. The number of rotatable bonds is 3. The summed E-state index contributed by atoms with van der Waals surface area (Å²) in [5.41, 5.74) is 3.94. The fourth-order valence-corrected chi connectivity index (χ4v) is 2.10. The van der Waals surface area contributed by atoms with Crippen LogP contribution in [-0.4, -0.2) is 0 Å². The molecule has 0 bridgehead atoms. The van der Waals surface area contributed by atoms with Gasteiger partial charge in [0.15, 0.2) is 0 Å². The Bertz CT molecular complexity index is 527. The van der Waals surface area contributed by atoms with Crippen molar-refractivity contribution in [2.45, 2.75) is 13.0 Å². The van der Waals surface area contributed by atoms with E-state index in [4.69, 9.17) is 10.3 Å². The summed E-state index contributed by atoms with van der Waals surface area (Å²) in [6, 6.07) is 6.03. The van der Waals surface area contributed by atoms with Crippen LogP contribution in [-0.2, 0) is 0 Å². The van der Waals surface area contributed by atoms with Crippen LogP contribution in [0.2, 0.25) is 0 Å². The van der Waals surface area contributed by atoms with E-state index in [1.165, 1.54) is 6.07 Å². The number of aryl methyl sites for hydroxylation is 1. The Balaban J connectivity index is 2.49. The smallest absolute Gasteiger partial charge is 0.129 e. The Morgan fingerprint density at radius 1 is 1.41 bits per heavy atom. The molecule has 0 amide bonds. The highest BCUT2D eigenvalue weighted by atomic mass is 79.9. The zero-order valence-electron chi connectivity index (χ0n) is 9.21. The van der Waals surface area contributed by atoms with Crippen LogP contribution in [0.1, 0.15) is 22.9 Å². The third kappa shape index (κ3) is 2.41. The molecule has 2 aromatic rings. The zero-order chi connectivity index (χ0) is 12.4. The standard InChI is InChI=1S/C12H12BrFN2O/c1-7-4-5-17-12(7)11(16-15)9-6-8(13)2-3-10(9)14/h2-6,11,16H,15H2,1H3. The second kappa shape index (κ2) is 5.00. The summed E-state index contributed by atoms with van der Waals surface area (Å²) in [7, 11) is 0. The van der Waals surface area contributed by atoms with Crippen LogP contribution in [0, 0.1) is 12.7 Å². The van der Waals surface area contributed by atoms with Gasteiger partial charge >= 0.3 is 0 Å². The van der Waals surface area contributed by atoms with Crippen LogP contribution in [0.25, 0.3) is 0 Å². The van der Waals surface area contributed by atoms with Gasteiger partial charge in [-0.05, 0) is 36.8 Å². The Hall–Kier alpha value is -1.17. The van der Waals surface area contributed by atoms with Gasteiger partial charge in [-0.25, -0.2) is 9.82 Å². The second-order valence-electron chi connectivity index (χ2n) is 3.73. The van der Waals surface area contributed by atoms with Gasteiger partial charge in [0, 0.05) is 10.0 Å². The molecule has 17 heavy (non-hydrogen) atoms. The molecule has 0 radical (unpaired) electrons. The minimum absolute atomic E-state index is 0.327. The highest BCUT2D eigenvalue weighted by molar-refractivity contribution is 9.10. The van der Waals surface area contributed by atoms with Crippen molar-refractivity contribution in [1.29, 1.82) is 0 Å². The van der Waals surface area contributed by atoms with E-state index in [-0.39, 0.29) is 5.82 Å². The SMILES string of the molecule is Cc1ccoc1C(NN)c1cc(Br)ccc1F. The molecule has 1 unspecified atom stereocenters. The lowest BCUT2D eigenvalue weighted by Crippen LogP contribution is -2.29. The average Bonchev–Trinajstić information content (AvgIpc) is 2.71. The molecule has 0 saturated heterocycles. The van der Waals surface area contributed by atoms with Crippen molar-refractivity contribution in [2.75, 3.05) is 0 Å². The maximum atomic E-state index is 13.8. The first kappa shape index (κ1) is 12.3. The maximum Gasteiger partial charge on any atom is 0.129 e. The molecule has 2 rings (SSSR count). The number of hydrogen-bond donors (Lipinski definition) is 2. The van der Waals surface area contributed by atoms with Gasteiger partial charge < -0.3 is 4.42 Å². The van der Waals surface area contributed by atoms with Crippen LogP contribution in [0.5, 0.6) is 0 Å². The molecule has 3 nitrogen and oxygen atoms in total. The second-order valence-corrected chi connectivity index (χ2v) is 4.65. The van der Waals surface area contributed by atoms with Gasteiger partial charge in [-0.15, -0.1) is 0 Å². The molecule has 1 atom stereocenters. The van der Waals surface area contributed by atoms with Crippen molar-refractivity contribution < 1.29 is 8.81 Å². The van der Waals surface area contributed by atoms with E-state index in [9.17, 15) is 4.39 Å². The number of benzene rings is 1. The van der Waals surface area contributed by atoms with Crippen LogP contribution < -0.4 is 11.3 Å². The molecule has 0 aliphatic heterocycles. The normalized spacial score (nSPS) is 12.7. The number of halogens is 2. The van der Waals surface area contributed by atoms with Crippen LogP contribution in [0.15, 0.2) is 39.4 Å². The summed E-state index contributed by atoms with van der Waals surface area (Å²) < 4.78 is 19.9. The minimum Gasteiger partial charge on any atom is -0.467 e. The molecule has 0 fully saturated rings. The first-order chi connectivity index (χ1) is 8.13. The predicted octanol–water partition coefficient (Wildman–Crippen LogP) is 3.04. The van der Waals surface area contributed by atoms with E-state index in [0.29, 0.717) is 11.3 Å². The van der Waals surface area contributed by atoms with E-state index in [1.54, 1.807) is 18.4 Å². The van der Waals surface area contributed by atoms with Crippen LogP contribution in [0.3, 0.4) is 0 Å². The van der Waals surface area contributed by atoms with Gasteiger partial charge in [-0.2, -0.15) is 0 Å². The maximum absolute atomic E-state index is 13.8. The van der Waals surface area contributed by atoms with Crippen molar-refractivity contribution in [3.8, 4) is 0 Å². The molecular formula is C12H12BrFN2O. The lowest BCUT2D eigenvalue weighted by Gasteiger charge is -2.16. The topological polar surface area (TPSA) is 51.2 Å². The third-order valence-corrected chi connectivity index (χ3v) is 3.09. The molecule has 5 heteroatoms. The first-order valence-electron chi connectivity index (χ1n) is 5.08. The summed E-state index contributed by atoms with van der Waals surface area (Å²) in [5.74, 6) is 5.78. The predicted molar refractivity (Wildman–Crippen MR) is 66.7 cm³/mol. The van der Waals surface area contributed by atoms with Gasteiger partial charge in [-0.1, -0.05) is 15.9 Å². The van der Waals surface area contributed by atoms with Gasteiger partial charge in [-0.3, -0.25) is 5.84 Å². The molecule has 1 aromatic heterocycles. The van der Waals surface area contributed by atoms with Gasteiger partial charge in [0.25, 0.3) is 0 Å². The Morgan fingerprint density at radius 2 is 2.18 bits per heavy atom. The Kier molecular flexibility index (Phi) is 3.61. The molecule has 1 aromatic carbocycles. The highest BCUT2D eigenvalue weighted by Crippen LogP contribution is 2.28. The minimum atomic E-state index is -0.498. The van der Waals surface area contributed by atoms with Crippen LogP contribution in [0.4, 0.5) is 4.39 Å². The number of nitrogens with one attached hydrogen (secondary N) is 1. The number of hydrogen-bond acceptors (Lipinski definition) is 3. The lowest BCUT2D eigenvalue weighted by molar-refractivity contribution is 0.438. The molecule has 90 valence electrons. The van der Waals surface area contributed by atoms with Crippen molar-refractivity contribution in [1.82, 2.24) is 5.43 Å². The Morgan fingerprint density at radius 3 is 2.76 bits per heavy atom. The molecule has 1 heterocycles. The average molecular weight is 299 g/mol. The summed E-state index contributed by atoms with van der Waals surface area (Å²) in [4.78, 5) is 0. The molecule has 0 spiro atoms. The summed E-state index contributed by atoms with van der Waals surface area (Å²) in [5, 5.41) is 0. The molecule has 3 N–H and O–H groups in total. The quantitative estimate of drug-likeness (QED) is 0.676. The van der Waals surface area contributed by atoms with E-state index < -0.39 is 6.04 Å². The molecule has 0 aliphatic carbocycles. The van der Waals surface area contributed by atoms with E-state index in [2.05, 4.69) is 21.4 Å². The van der Waals surface area contributed by atoms with E-state index >= 15 is 0 Å². The van der Waals surface area contributed by atoms with Crippen LogP contribution >= 0.6 is 15.9 Å².